The molecule has 0 saturated carbocycles. The molecule has 8 nitrogen and oxygen atoms in total. The molecule has 1 N–H and O–H groups in total. The Labute approximate surface area is 186 Å². The summed E-state index contributed by atoms with van der Waals surface area (Å²) in [6, 6.07) is 3.15. The van der Waals surface area contributed by atoms with Gasteiger partial charge in [-0.1, -0.05) is 11.8 Å². The minimum atomic E-state index is -4.58. The second kappa shape index (κ2) is 10.3. The Morgan fingerprint density at radius 3 is 2.66 bits per heavy atom. The first-order chi connectivity index (χ1) is 15.2. The van der Waals surface area contributed by atoms with E-state index in [1.54, 1.807) is 6.92 Å². The zero-order chi connectivity index (χ0) is 23.3. The van der Waals surface area contributed by atoms with Crippen molar-refractivity contribution < 1.29 is 37.0 Å². The van der Waals surface area contributed by atoms with E-state index in [0.717, 1.165) is 34.9 Å². The van der Waals surface area contributed by atoms with Crippen molar-refractivity contribution >= 4 is 40.9 Å². The number of alkyl halides is 3. The maximum atomic E-state index is 13.2. The largest absolute Gasteiger partial charge is 0.463 e. The van der Waals surface area contributed by atoms with Gasteiger partial charge >= 0.3 is 12.1 Å². The lowest BCUT2D eigenvalue weighted by Crippen LogP contribution is -2.37. The third-order valence-corrected chi connectivity index (χ3v) is 5.72. The van der Waals surface area contributed by atoms with Gasteiger partial charge in [0.25, 0.3) is 0 Å². The second-order valence-electron chi connectivity index (χ2n) is 6.88. The number of rotatable bonds is 6. The summed E-state index contributed by atoms with van der Waals surface area (Å²) in [4.78, 5) is 39.5. The Kier molecular flexibility index (Phi) is 7.67. The van der Waals surface area contributed by atoms with Crippen molar-refractivity contribution in [3.63, 3.8) is 0 Å². The van der Waals surface area contributed by atoms with Gasteiger partial charge in [-0.25, -0.2) is 4.79 Å². The van der Waals surface area contributed by atoms with Crippen molar-refractivity contribution in [1.29, 1.82) is 0 Å². The number of anilines is 2. The van der Waals surface area contributed by atoms with E-state index in [1.165, 1.54) is 6.07 Å². The van der Waals surface area contributed by atoms with Gasteiger partial charge in [-0.15, -0.1) is 0 Å². The second-order valence-corrected chi connectivity index (χ2v) is 7.88. The molecule has 1 aromatic carbocycles. The molecule has 12 heteroatoms. The molecule has 174 valence electrons. The van der Waals surface area contributed by atoms with Gasteiger partial charge < -0.3 is 19.7 Å². The predicted octanol–water partition coefficient (Wildman–Crippen LogP) is 2.46. The summed E-state index contributed by atoms with van der Waals surface area (Å²) in [6.45, 7) is 3.09. The first kappa shape index (κ1) is 23.9. The van der Waals surface area contributed by atoms with Crippen LogP contribution >= 0.6 is 11.8 Å². The first-order valence-electron chi connectivity index (χ1n) is 9.84. The van der Waals surface area contributed by atoms with Crippen LogP contribution in [0.1, 0.15) is 12.5 Å². The summed E-state index contributed by atoms with van der Waals surface area (Å²) < 4.78 is 49.8. The van der Waals surface area contributed by atoms with Gasteiger partial charge in [0.05, 0.1) is 53.6 Å². The molecule has 0 radical (unpaired) electrons. The van der Waals surface area contributed by atoms with Crippen molar-refractivity contribution in [2.75, 3.05) is 55.4 Å². The average Bonchev–Trinajstić information content (AvgIpc) is 3.07. The minimum Gasteiger partial charge on any atom is -0.463 e. The number of carbonyl (C=O) groups excluding carboxylic acids is 3. The van der Waals surface area contributed by atoms with Crippen LogP contribution in [0.15, 0.2) is 29.3 Å². The molecule has 0 atom stereocenters. The number of ether oxygens (including phenoxy) is 2. The normalized spacial score (nSPS) is 18.2. The first-order valence-corrected chi connectivity index (χ1v) is 10.8. The van der Waals surface area contributed by atoms with Crippen molar-refractivity contribution in [2.45, 2.75) is 13.1 Å². The van der Waals surface area contributed by atoms with E-state index in [-0.39, 0.29) is 23.1 Å². The third kappa shape index (κ3) is 5.94. The Morgan fingerprint density at radius 2 is 2.00 bits per heavy atom. The van der Waals surface area contributed by atoms with Crippen LogP contribution in [0, 0.1) is 0 Å². The number of esters is 1. The van der Waals surface area contributed by atoms with Crippen molar-refractivity contribution in [2.24, 2.45) is 0 Å². The molecular formula is C20H22F3N3O5S. The number of thioether (sulfide) groups is 1. The van der Waals surface area contributed by atoms with Crippen LogP contribution in [-0.2, 0) is 30.0 Å². The summed E-state index contributed by atoms with van der Waals surface area (Å²) in [6.07, 6.45) is -3.46. The van der Waals surface area contributed by atoms with E-state index in [4.69, 9.17) is 9.47 Å². The van der Waals surface area contributed by atoms with E-state index in [1.807, 2.05) is 4.90 Å². The molecule has 32 heavy (non-hydrogen) atoms. The summed E-state index contributed by atoms with van der Waals surface area (Å²) in [5.74, 6) is -1.69. The lowest BCUT2D eigenvalue weighted by Gasteiger charge is -2.31. The Bertz CT molecular complexity index is 916. The number of morpholine rings is 1. The molecule has 2 aliphatic heterocycles. The molecule has 0 spiro atoms. The molecular weight excluding hydrogens is 451 g/mol. The maximum Gasteiger partial charge on any atom is 0.416 e. The number of hydrogen-bond acceptors (Lipinski definition) is 7. The van der Waals surface area contributed by atoms with Gasteiger partial charge in [0.15, 0.2) is 0 Å². The highest BCUT2D eigenvalue weighted by Gasteiger charge is 2.33. The smallest absolute Gasteiger partial charge is 0.416 e. The Morgan fingerprint density at radius 1 is 1.28 bits per heavy atom. The molecule has 0 aromatic heterocycles. The lowest BCUT2D eigenvalue weighted by atomic mass is 10.1. The van der Waals surface area contributed by atoms with Crippen LogP contribution in [0.2, 0.25) is 0 Å². The van der Waals surface area contributed by atoms with Crippen LogP contribution in [0.3, 0.4) is 0 Å². The fraction of sp³-hybridized carbons (Fsp3) is 0.450. The molecule has 2 heterocycles. The molecule has 0 aliphatic carbocycles. The van der Waals surface area contributed by atoms with Crippen LogP contribution in [0.25, 0.3) is 0 Å². The number of hydrogen-bond donors (Lipinski definition) is 1. The standard InChI is InChI=1S/C20H22F3N3O5S/c1-2-31-19(29)10-18-26(17(28)12-32-18)11-16(27)24-14-9-13(20(21,22)23)3-4-15(14)25-5-7-30-8-6-25/h3-4,9-10H,2,5-8,11-12H2,1H3,(H,24,27)/b18-10+. The van der Waals surface area contributed by atoms with E-state index < -0.39 is 36.1 Å². The summed E-state index contributed by atoms with van der Waals surface area (Å²) in [5, 5.41) is 2.75. The predicted molar refractivity (Wildman–Crippen MR) is 112 cm³/mol. The highest BCUT2D eigenvalue weighted by molar-refractivity contribution is 8.04. The number of nitrogens with one attached hydrogen (secondary N) is 1. The lowest BCUT2D eigenvalue weighted by molar-refractivity contribution is -0.138. The van der Waals surface area contributed by atoms with Crippen molar-refractivity contribution in [3.8, 4) is 0 Å². The van der Waals surface area contributed by atoms with E-state index in [9.17, 15) is 27.6 Å². The zero-order valence-corrected chi connectivity index (χ0v) is 18.1. The van der Waals surface area contributed by atoms with Gasteiger partial charge in [0.1, 0.15) is 6.54 Å². The van der Waals surface area contributed by atoms with E-state index in [2.05, 4.69) is 5.32 Å². The molecule has 2 fully saturated rings. The maximum absolute atomic E-state index is 13.2. The van der Waals surface area contributed by atoms with Gasteiger partial charge in [-0.05, 0) is 25.1 Å². The van der Waals surface area contributed by atoms with Gasteiger partial charge in [-0.2, -0.15) is 13.2 Å². The van der Waals surface area contributed by atoms with Crippen LogP contribution < -0.4 is 10.2 Å². The van der Waals surface area contributed by atoms with Gasteiger partial charge in [0.2, 0.25) is 11.8 Å². The number of nitrogens with zero attached hydrogens (tertiary/aromatic N) is 2. The Balaban J connectivity index is 1.80. The third-order valence-electron chi connectivity index (χ3n) is 4.69. The summed E-state index contributed by atoms with van der Waals surface area (Å²) >= 11 is 1.08. The number of amides is 2. The number of carbonyl (C=O) groups is 3. The topological polar surface area (TPSA) is 88.2 Å². The van der Waals surface area contributed by atoms with Gasteiger partial charge in [0, 0.05) is 13.1 Å². The summed E-state index contributed by atoms with van der Waals surface area (Å²) in [7, 11) is 0. The fourth-order valence-corrected chi connectivity index (χ4v) is 4.14. The van der Waals surface area contributed by atoms with Crippen LogP contribution in [0.5, 0.6) is 0 Å². The van der Waals surface area contributed by atoms with Gasteiger partial charge in [-0.3, -0.25) is 14.5 Å². The van der Waals surface area contributed by atoms with Crippen molar-refractivity contribution in [1.82, 2.24) is 4.90 Å². The zero-order valence-electron chi connectivity index (χ0n) is 17.2. The highest BCUT2D eigenvalue weighted by atomic mass is 32.2. The molecule has 2 aliphatic rings. The van der Waals surface area contributed by atoms with Crippen LogP contribution in [-0.4, -0.2) is 67.9 Å². The Hall–Kier alpha value is -2.73. The van der Waals surface area contributed by atoms with Crippen molar-refractivity contribution in [3.05, 3.63) is 34.9 Å². The molecule has 2 saturated heterocycles. The number of benzene rings is 1. The van der Waals surface area contributed by atoms with E-state index >= 15 is 0 Å². The average molecular weight is 473 g/mol. The molecule has 3 rings (SSSR count). The highest BCUT2D eigenvalue weighted by Crippen LogP contribution is 2.36. The monoisotopic (exact) mass is 473 g/mol. The number of halogens is 3. The molecule has 2 amide bonds. The SMILES string of the molecule is CCOC(=O)/C=C1/SCC(=O)N1CC(=O)Nc1cc(C(F)(F)F)ccc1N1CCOCC1. The van der Waals surface area contributed by atoms with E-state index in [0.29, 0.717) is 32.0 Å². The minimum absolute atomic E-state index is 0.0121. The quantitative estimate of drug-likeness (QED) is 0.502. The summed E-state index contributed by atoms with van der Waals surface area (Å²) in [5.41, 5.74) is -0.485. The molecule has 0 unspecified atom stereocenters. The molecule has 1 aromatic rings. The van der Waals surface area contributed by atoms with Crippen LogP contribution in [0.4, 0.5) is 24.5 Å². The fourth-order valence-electron chi connectivity index (χ4n) is 3.21. The molecule has 0 bridgehead atoms.